The van der Waals surface area contributed by atoms with Crippen molar-refractivity contribution in [2.24, 2.45) is 0 Å². The number of carbonyl (C=O) groups excluding carboxylic acids is 1. The Bertz CT molecular complexity index is 579. The molecule has 1 amide bonds. The van der Waals surface area contributed by atoms with Gasteiger partial charge in [0.1, 0.15) is 17.7 Å². The van der Waals surface area contributed by atoms with Crippen LogP contribution in [-0.2, 0) is 15.6 Å². The molecular weight excluding hydrogens is 300 g/mol. The molecule has 0 aromatic carbocycles. The Kier molecular flexibility index (Phi) is 4.93. The highest BCUT2D eigenvalue weighted by Gasteiger charge is 2.34. The van der Waals surface area contributed by atoms with Crippen molar-refractivity contribution < 1.29 is 4.79 Å². The average molecular weight is 332 g/mol. The molecule has 0 N–H and O–H groups in total. The van der Waals surface area contributed by atoms with Crippen LogP contribution in [0.5, 0.6) is 0 Å². The number of likely N-dealkylation sites (N-methyl/N-ethyl adjacent to an activating group) is 1. The van der Waals surface area contributed by atoms with E-state index in [-0.39, 0.29) is 22.8 Å². The molecule has 0 radical (unpaired) electrons. The molecule has 1 aliphatic rings. The van der Waals surface area contributed by atoms with E-state index in [2.05, 4.69) is 52.5 Å². The van der Waals surface area contributed by atoms with Crippen molar-refractivity contribution in [3.63, 3.8) is 0 Å². The second kappa shape index (κ2) is 6.34. The van der Waals surface area contributed by atoms with Crippen LogP contribution in [0.2, 0.25) is 0 Å². The second-order valence-corrected chi connectivity index (χ2v) is 9.02. The number of aromatic nitrogens is 2. The number of hydrogen-bond acceptors (Lipinski definition) is 4. The average Bonchev–Trinajstić information content (AvgIpc) is 2.93. The highest BCUT2D eigenvalue weighted by molar-refractivity contribution is 5.85. The summed E-state index contributed by atoms with van der Waals surface area (Å²) in [6.45, 7) is 13.8. The molecule has 2 heterocycles. The SMILES string of the molecule is CN(C)C(=O)C1CCCN1c1cc(C(C)(C)C)nc(C(C)(C)C)n1. The Morgan fingerprint density at radius 3 is 2.25 bits per heavy atom. The maximum atomic E-state index is 12.5. The van der Waals surface area contributed by atoms with Gasteiger partial charge in [0.15, 0.2) is 0 Å². The van der Waals surface area contributed by atoms with Crippen molar-refractivity contribution in [2.45, 2.75) is 71.3 Å². The highest BCUT2D eigenvalue weighted by atomic mass is 16.2. The fourth-order valence-electron chi connectivity index (χ4n) is 2.90. The topological polar surface area (TPSA) is 49.3 Å². The number of hydrogen-bond donors (Lipinski definition) is 0. The van der Waals surface area contributed by atoms with Crippen LogP contribution in [0.3, 0.4) is 0 Å². The minimum absolute atomic E-state index is 0.0571. The predicted octanol–water partition coefficient (Wildman–Crippen LogP) is 3.13. The van der Waals surface area contributed by atoms with Crippen LogP contribution in [0.4, 0.5) is 5.82 Å². The third kappa shape index (κ3) is 3.87. The van der Waals surface area contributed by atoms with E-state index in [9.17, 15) is 4.79 Å². The number of nitrogens with zero attached hydrogens (tertiary/aromatic N) is 4. The molecular formula is C19H32N4O. The summed E-state index contributed by atoms with van der Waals surface area (Å²) < 4.78 is 0. The van der Waals surface area contributed by atoms with Crippen molar-refractivity contribution in [1.82, 2.24) is 14.9 Å². The lowest BCUT2D eigenvalue weighted by Gasteiger charge is -2.30. The van der Waals surface area contributed by atoms with Crippen LogP contribution in [0.15, 0.2) is 6.07 Å². The molecule has 0 saturated carbocycles. The fraction of sp³-hybridized carbons (Fsp3) is 0.737. The zero-order valence-corrected chi connectivity index (χ0v) is 16.5. The Morgan fingerprint density at radius 1 is 1.12 bits per heavy atom. The van der Waals surface area contributed by atoms with Crippen LogP contribution in [0.25, 0.3) is 0 Å². The summed E-state index contributed by atoms with van der Waals surface area (Å²) in [5.41, 5.74) is 0.843. The monoisotopic (exact) mass is 332 g/mol. The van der Waals surface area contributed by atoms with Crippen molar-refractivity contribution in [2.75, 3.05) is 25.5 Å². The van der Waals surface area contributed by atoms with Gasteiger partial charge in [0, 0.05) is 37.5 Å². The van der Waals surface area contributed by atoms with Gasteiger partial charge < -0.3 is 9.80 Å². The molecule has 0 aliphatic carbocycles. The normalized spacial score (nSPS) is 18.8. The summed E-state index contributed by atoms with van der Waals surface area (Å²) in [5.74, 6) is 1.88. The quantitative estimate of drug-likeness (QED) is 0.835. The zero-order chi connectivity index (χ0) is 18.3. The maximum absolute atomic E-state index is 12.5. The van der Waals surface area contributed by atoms with Crippen LogP contribution in [-0.4, -0.2) is 47.5 Å². The van der Waals surface area contributed by atoms with Gasteiger partial charge in [-0.15, -0.1) is 0 Å². The molecule has 1 aromatic rings. The molecule has 5 nitrogen and oxygen atoms in total. The minimum atomic E-state index is -0.128. The molecule has 1 aliphatic heterocycles. The predicted molar refractivity (Wildman–Crippen MR) is 98.5 cm³/mol. The molecule has 24 heavy (non-hydrogen) atoms. The molecule has 1 aromatic heterocycles. The van der Waals surface area contributed by atoms with Gasteiger partial charge in [0.05, 0.1) is 5.69 Å². The summed E-state index contributed by atoms with van der Waals surface area (Å²) in [7, 11) is 3.64. The molecule has 134 valence electrons. The molecule has 1 unspecified atom stereocenters. The lowest BCUT2D eigenvalue weighted by atomic mass is 9.90. The Hall–Kier alpha value is -1.65. The van der Waals surface area contributed by atoms with Gasteiger partial charge in [-0.25, -0.2) is 9.97 Å². The van der Waals surface area contributed by atoms with Crippen LogP contribution in [0, 0.1) is 0 Å². The molecule has 5 heteroatoms. The maximum Gasteiger partial charge on any atom is 0.244 e. The summed E-state index contributed by atoms with van der Waals surface area (Å²) >= 11 is 0. The third-order valence-corrected chi connectivity index (χ3v) is 4.42. The van der Waals surface area contributed by atoms with Crippen LogP contribution in [0.1, 0.15) is 65.9 Å². The van der Waals surface area contributed by atoms with Crippen LogP contribution >= 0.6 is 0 Å². The van der Waals surface area contributed by atoms with Gasteiger partial charge in [0.2, 0.25) is 5.91 Å². The third-order valence-electron chi connectivity index (χ3n) is 4.42. The van der Waals surface area contributed by atoms with E-state index in [1.54, 1.807) is 4.90 Å². The van der Waals surface area contributed by atoms with E-state index in [0.29, 0.717) is 0 Å². The van der Waals surface area contributed by atoms with E-state index in [1.807, 2.05) is 14.1 Å². The van der Waals surface area contributed by atoms with E-state index >= 15 is 0 Å². The van der Waals surface area contributed by atoms with Gasteiger partial charge in [-0.05, 0) is 12.8 Å². The summed E-state index contributed by atoms with van der Waals surface area (Å²) in [4.78, 5) is 26.0. The van der Waals surface area contributed by atoms with E-state index in [0.717, 1.165) is 36.7 Å². The van der Waals surface area contributed by atoms with Crippen molar-refractivity contribution in [3.05, 3.63) is 17.6 Å². The van der Waals surface area contributed by atoms with Gasteiger partial charge in [-0.2, -0.15) is 0 Å². The number of amides is 1. The Morgan fingerprint density at radius 2 is 1.75 bits per heavy atom. The zero-order valence-electron chi connectivity index (χ0n) is 16.5. The number of carbonyl (C=O) groups is 1. The number of anilines is 1. The Balaban J connectivity index is 2.51. The van der Waals surface area contributed by atoms with Crippen LogP contribution < -0.4 is 4.90 Å². The fourth-order valence-corrected chi connectivity index (χ4v) is 2.90. The first kappa shape index (κ1) is 18.7. The van der Waals surface area contributed by atoms with Crippen molar-refractivity contribution in [1.29, 1.82) is 0 Å². The molecule has 1 atom stereocenters. The van der Waals surface area contributed by atoms with E-state index in [4.69, 9.17) is 9.97 Å². The first-order valence-corrected chi connectivity index (χ1v) is 8.79. The molecule has 2 rings (SSSR count). The van der Waals surface area contributed by atoms with Gasteiger partial charge in [-0.3, -0.25) is 4.79 Å². The van der Waals surface area contributed by atoms with Crippen molar-refractivity contribution in [3.8, 4) is 0 Å². The van der Waals surface area contributed by atoms with Gasteiger partial charge in [-0.1, -0.05) is 41.5 Å². The second-order valence-electron chi connectivity index (χ2n) is 9.02. The smallest absolute Gasteiger partial charge is 0.244 e. The molecule has 1 fully saturated rings. The first-order valence-electron chi connectivity index (χ1n) is 8.79. The first-order chi connectivity index (χ1) is 10.9. The summed E-state index contributed by atoms with van der Waals surface area (Å²) in [6.07, 6.45) is 1.90. The summed E-state index contributed by atoms with van der Waals surface area (Å²) in [6, 6.07) is 1.95. The Labute approximate surface area is 146 Å². The van der Waals surface area contributed by atoms with Gasteiger partial charge in [0.25, 0.3) is 0 Å². The standard InChI is InChI=1S/C19H32N4O/c1-18(2,3)14-12-15(21-17(20-14)19(4,5)6)23-11-9-10-13(23)16(24)22(7)8/h12-13H,9-11H2,1-8H3. The lowest BCUT2D eigenvalue weighted by molar-refractivity contribution is -0.129. The lowest BCUT2D eigenvalue weighted by Crippen LogP contribution is -2.43. The summed E-state index contributed by atoms with van der Waals surface area (Å²) in [5, 5.41) is 0. The highest BCUT2D eigenvalue weighted by Crippen LogP contribution is 2.31. The minimum Gasteiger partial charge on any atom is -0.347 e. The van der Waals surface area contributed by atoms with Gasteiger partial charge >= 0.3 is 0 Å². The van der Waals surface area contributed by atoms with Crippen molar-refractivity contribution >= 4 is 11.7 Å². The van der Waals surface area contributed by atoms with E-state index < -0.39 is 0 Å². The molecule has 0 bridgehead atoms. The van der Waals surface area contributed by atoms with E-state index in [1.165, 1.54) is 0 Å². The molecule has 1 saturated heterocycles. The number of rotatable bonds is 2. The molecule has 0 spiro atoms. The largest absolute Gasteiger partial charge is 0.347 e.